The van der Waals surface area contributed by atoms with Crippen LogP contribution in [0.3, 0.4) is 0 Å². The van der Waals surface area contributed by atoms with Crippen LogP contribution in [-0.4, -0.2) is 54.0 Å². The van der Waals surface area contributed by atoms with Crippen molar-refractivity contribution in [3.05, 3.63) is 24.2 Å². The lowest BCUT2D eigenvalue weighted by Gasteiger charge is -2.35. The first kappa shape index (κ1) is 13.5. The second-order valence-electron chi connectivity index (χ2n) is 4.76. The molecule has 0 aromatic carbocycles. The topological polar surface area (TPSA) is 69.8 Å². The second kappa shape index (κ2) is 5.77. The number of nitrogens with zero attached hydrogens (tertiary/aromatic N) is 2. The van der Waals surface area contributed by atoms with Crippen molar-refractivity contribution in [3.63, 3.8) is 0 Å². The van der Waals surface area contributed by atoms with E-state index >= 15 is 0 Å². The summed E-state index contributed by atoms with van der Waals surface area (Å²) in [6.45, 7) is 6.21. The van der Waals surface area contributed by atoms with Gasteiger partial charge in [0.2, 0.25) is 0 Å². The quantitative estimate of drug-likeness (QED) is 0.648. The van der Waals surface area contributed by atoms with Gasteiger partial charge in [0, 0.05) is 26.2 Å². The molecule has 1 aliphatic rings. The average Bonchev–Trinajstić information content (AvgIpc) is 2.91. The molecule has 1 aromatic rings. The first-order chi connectivity index (χ1) is 9.08. The van der Waals surface area contributed by atoms with Gasteiger partial charge in [-0.25, -0.2) is 0 Å². The van der Waals surface area contributed by atoms with Crippen LogP contribution in [-0.2, 0) is 4.74 Å². The number of rotatable bonds is 2. The molecule has 2 rings (SSSR count). The minimum atomic E-state index is -0.0234. The molecule has 1 fully saturated rings. The van der Waals surface area contributed by atoms with Gasteiger partial charge in [-0.1, -0.05) is 0 Å². The SMILES string of the molecule is CC(C)OC(=N)N1CCN(C(=O)c2ccoc2)CC1. The van der Waals surface area contributed by atoms with Crippen molar-refractivity contribution in [3.8, 4) is 0 Å². The molecular formula is C13H19N3O3. The van der Waals surface area contributed by atoms with Crippen LogP contribution in [0, 0.1) is 5.41 Å². The summed E-state index contributed by atoms with van der Waals surface area (Å²) in [4.78, 5) is 15.7. The maximum atomic E-state index is 12.1. The first-order valence-corrected chi connectivity index (χ1v) is 6.39. The Bertz CT molecular complexity index is 434. The van der Waals surface area contributed by atoms with Crippen molar-refractivity contribution in [2.75, 3.05) is 26.2 Å². The van der Waals surface area contributed by atoms with Crippen molar-refractivity contribution in [2.24, 2.45) is 0 Å². The molecule has 1 N–H and O–H groups in total. The van der Waals surface area contributed by atoms with Gasteiger partial charge in [0.05, 0.1) is 17.9 Å². The van der Waals surface area contributed by atoms with Gasteiger partial charge in [-0.15, -0.1) is 0 Å². The van der Waals surface area contributed by atoms with Crippen molar-refractivity contribution >= 4 is 11.9 Å². The highest BCUT2D eigenvalue weighted by molar-refractivity contribution is 5.94. The number of amides is 1. The molecule has 0 unspecified atom stereocenters. The number of hydrogen-bond donors (Lipinski definition) is 1. The van der Waals surface area contributed by atoms with Gasteiger partial charge in [-0.2, -0.15) is 0 Å². The molecule has 1 saturated heterocycles. The summed E-state index contributed by atoms with van der Waals surface area (Å²) < 4.78 is 10.3. The Morgan fingerprint density at radius 2 is 1.95 bits per heavy atom. The van der Waals surface area contributed by atoms with E-state index in [1.54, 1.807) is 11.0 Å². The van der Waals surface area contributed by atoms with E-state index in [0.29, 0.717) is 31.7 Å². The zero-order valence-electron chi connectivity index (χ0n) is 11.3. The van der Waals surface area contributed by atoms with Gasteiger partial charge in [0.15, 0.2) is 0 Å². The number of hydrogen-bond acceptors (Lipinski definition) is 4. The fraction of sp³-hybridized carbons (Fsp3) is 0.538. The number of furan rings is 1. The lowest BCUT2D eigenvalue weighted by Crippen LogP contribution is -2.51. The fourth-order valence-electron chi connectivity index (χ4n) is 1.98. The number of ether oxygens (including phenoxy) is 1. The van der Waals surface area contributed by atoms with E-state index in [4.69, 9.17) is 14.6 Å². The summed E-state index contributed by atoms with van der Waals surface area (Å²) in [5, 5.41) is 7.81. The van der Waals surface area contributed by atoms with E-state index in [2.05, 4.69) is 0 Å². The van der Waals surface area contributed by atoms with Gasteiger partial charge in [-0.3, -0.25) is 10.2 Å². The highest BCUT2D eigenvalue weighted by Crippen LogP contribution is 2.10. The van der Waals surface area contributed by atoms with Crippen LogP contribution in [0.1, 0.15) is 24.2 Å². The van der Waals surface area contributed by atoms with Crippen LogP contribution in [0.2, 0.25) is 0 Å². The fourth-order valence-corrected chi connectivity index (χ4v) is 1.98. The van der Waals surface area contributed by atoms with Crippen molar-refractivity contribution in [2.45, 2.75) is 20.0 Å². The van der Waals surface area contributed by atoms with Crippen LogP contribution in [0.4, 0.5) is 0 Å². The summed E-state index contributed by atoms with van der Waals surface area (Å²) in [6.07, 6.45) is 2.95. The zero-order chi connectivity index (χ0) is 13.8. The van der Waals surface area contributed by atoms with E-state index in [1.807, 2.05) is 18.7 Å². The molecule has 0 bridgehead atoms. The number of carbonyl (C=O) groups is 1. The average molecular weight is 265 g/mol. The van der Waals surface area contributed by atoms with Crippen LogP contribution >= 0.6 is 0 Å². The molecule has 0 atom stereocenters. The molecule has 6 nitrogen and oxygen atoms in total. The maximum absolute atomic E-state index is 12.1. The lowest BCUT2D eigenvalue weighted by atomic mass is 10.2. The Kier molecular flexibility index (Phi) is 4.09. The molecule has 0 aliphatic carbocycles. The Hall–Kier alpha value is -1.98. The van der Waals surface area contributed by atoms with Gasteiger partial charge < -0.3 is 19.0 Å². The van der Waals surface area contributed by atoms with Gasteiger partial charge in [0.25, 0.3) is 11.9 Å². The summed E-state index contributed by atoms with van der Waals surface area (Å²) >= 11 is 0. The van der Waals surface area contributed by atoms with Gasteiger partial charge in [0.1, 0.15) is 6.26 Å². The van der Waals surface area contributed by atoms with E-state index in [0.717, 1.165) is 0 Å². The number of amidine groups is 1. The maximum Gasteiger partial charge on any atom is 0.284 e. The highest BCUT2D eigenvalue weighted by Gasteiger charge is 2.24. The van der Waals surface area contributed by atoms with Crippen LogP contribution < -0.4 is 0 Å². The third-order valence-corrected chi connectivity index (χ3v) is 2.97. The van der Waals surface area contributed by atoms with Crippen molar-refractivity contribution in [1.29, 1.82) is 5.41 Å². The summed E-state index contributed by atoms with van der Waals surface area (Å²) in [5.41, 5.74) is 0.571. The van der Waals surface area contributed by atoms with E-state index < -0.39 is 0 Å². The Morgan fingerprint density at radius 3 is 2.47 bits per heavy atom. The molecule has 1 amide bonds. The summed E-state index contributed by atoms with van der Waals surface area (Å²) in [7, 11) is 0. The zero-order valence-corrected chi connectivity index (χ0v) is 11.3. The number of carbonyl (C=O) groups excluding carboxylic acids is 1. The number of nitrogens with one attached hydrogen (secondary N) is 1. The van der Waals surface area contributed by atoms with Gasteiger partial charge in [-0.05, 0) is 19.9 Å². The third kappa shape index (κ3) is 3.27. The standard InChI is InChI=1S/C13H19N3O3/c1-10(2)19-13(14)16-6-4-15(5-7-16)12(17)11-3-8-18-9-11/h3,8-10,14H,4-7H2,1-2H3. The second-order valence-corrected chi connectivity index (χ2v) is 4.76. The summed E-state index contributed by atoms with van der Waals surface area (Å²) in [6, 6.07) is 1.85. The normalized spacial score (nSPS) is 15.7. The molecule has 104 valence electrons. The lowest BCUT2D eigenvalue weighted by molar-refractivity contribution is 0.0656. The largest absolute Gasteiger partial charge is 0.472 e. The first-order valence-electron chi connectivity index (χ1n) is 6.39. The summed E-state index contributed by atoms with van der Waals surface area (Å²) in [5.74, 6) is -0.0234. The monoisotopic (exact) mass is 265 g/mol. The minimum absolute atomic E-state index is 0.00177. The van der Waals surface area contributed by atoms with Crippen molar-refractivity contribution < 1.29 is 13.9 Å². The van der Waals surface area contributed by atoms with Crippen molar-refractivity contribution in [1.82, 2.24) is 9.80 Å². The predicted octanol–water partition coefficient (Wildman–Crippen LogP) is 1.40. The predicted molar refractivity (Wildman–Crippen MR) is 70.1 cm³/mol. The molecule has 6 heteroatoms. The molecular weight excluding hydrogens is 246 g/mol. The Morgan fingerprint density at radius 1 is 1.32 bits per heavy atom. The van der Waals surface area contributed by atoms with E-state index in [1.165, 1.54) is 12.5 Å². The highest BCUT2D eigenvalue weighted by atomic mass is 16.5. The smallest absolute Gasteiger partial charge is 0.284 e. The Balaban J connectivity index is 1.86. The minimum Gasteiger partial charge on any atom is -0.472 e. The molecule has 0 saturated carbocycles. The molecule has 1 aliphatic heterocycles. The Labute approximate surface area is 112 Å². The molecule has 1 aromatic heterocycles. The molecule has 19 heavy (non-hydrogen) atoms. The van der Waals surface area contributed by atoms with Gasteiger partial charge >= 0.3 is 0 Å². The van der Waals surface area contributed by atoms with Crippen LogP contribution in [0.5, 0.6) is 0 Å². The van der Waals surface area contributed by atoms with Crippen LogP contribution in [0.15, 0.2) is 23.0 Å². The van der Waals surface area contributed by atoms with E-state index in [-0.39, 0.29) is 18.0 Å². The third-order valence-electron chi connectivity index (χ3n) is 2.97. The molecule has 0 radical (unpaired) electrons. The molecule has 2 heterocycles. The molecule has 0 spiro atoms. The van der Waals surface area contributed by atoms with Crippen LogP contribution in [0.25, 0.3) is 0 Å². The van der Waals surface area contributed by atoms with E-state index in [9.17, 15) is 4.79 Å². The number of piperazine rings is 1.